The van der Waals surface area contributed by atoms with Crippen molar-refractivity contribution in [3.8, 4) is 0 Å². The smallest absolute Gasteiger partial charge is 0.0438 e. The standard InChI is InChI=1S/C14H15ClN2/c1-11-2-3-13(8-14(11)15)10-17-9-12-4-6-16-7-5-12/h2-8,17H,9-10H2,1H3. The second-order valence-electron chi connectivity index (χ2n) is 4.04. The maximum Gasteiger partial charge on any atom is 0.0438 e. The van der Waals surface area contributed by atoms with Gasteiger partial charge in [-0.3, -0.25) is 4.98 Å². The number of nitrogens with zero attached hydrogens (tertiary/aromatic N) is 1. The van der Waals surface area contributed by atoms with E-state index in [1.165, 1.54) is 11.1 Å². The highest BCUT2D eigenvalue weighted by Crippen LogP contribution is 2.16. The summed E-state index contributed by atoms with van der Waals surface area (Å²) in [6.07, 6.45) is 3.61. The van der Waals surface area contributed by atoms with Gasteiger partial charge >= 0.3 is 0 Å². The van der Waals surface area contributed by atoms with Crippen LogP contribution in [0.2, 0.25) is 5.02 Å². The number of hydrogen-bond donors (Lipinski definition) is 1. The third-order valence-corrected chi connectivity index (χ3v) is 3.05. The van der Waals surface area contributed by atoms with Gasteiger partial charge in [-0.1, -0.05) is 23.7 Å². The third-order valence-electron chi connectivity index (χ3n) is 2.64. The van der Waals surface area contributed by atoms with Crippen LogP contribution in [0.25, 0.3) is 0 Å². The number of halogens is 1. The Kier molecular flexibility index (Phi) is 4.13. The maximum atomic E-state index is 6.07. The molecule has 1 aromatic heterocycles. The second kappa shape index (κ2) is 5.80. The molecule has 0 unspecified atom stereocenters. The van der Waals surface area contributed by atoms with Gasteiger partial charge in [0, 0.05) is 30.5 Å². The highest BCUT2D eigenvalue weighted by atomic mass is 35.5. The number of nitrogens with one attached hydrogen (secondary N) is 1. The molecule has 88 valence electrons. The molecule has 2 nitrogen and oxygen atoms in total. The number of benzene rings is 1. The van der Waals surface area contributed by atoms with Crippen LogP contribution in [0.15, 0.2) is 42.7 Å². The monoisotopic (exact) mass is 246 g/mol. The molecular weight excluding hydrogens is 232 g/mol. The van der Waals surface area contributed by atoms with Crippen molar-refractivity contribution >= 4 is 11.6 Å². The van der Waals surface area contributed by atoms with Crippen molar-refractivity contribution in [3.63, 3.8) is 0 Å². The predicted octanol–water partition coefficient (Wildman–Crippen LogP) is 3.33. The molecule has 0 bridgehead atoms. The molecule has 0 atom stereocenters. The van der Waals surface area contributed by atoms with E-state index in [-0.39, 0.29) is 0 Å². The summed E-state index contributed by atoms with van der Waals surface area (Å²) in [6, 6.07) is 10.2. The lowest BCUT2D eigenvalue weighted by Gasteiger charge is -2.06. The Bertz CT molecular complexity index is 483. The third kappa shape index (κ3) is 3.55. The average molecular weight is 247 g/mol. The average Bonchev–Trinajstić information content (AvgIpc) is 2.35. The van der Waals surface area contributed by atoms with Crippen LogP contribution in [-0.4, -0.2) is 4.98 Å². The molecule has 0 saturated heterocycles. The van der Waals surface area contributed by atoms with Gasteiger partial charge in [0.2, 0.25) is 0 Å². The molecule has 0 fully saturated rings. The fraction of sp³-hybridized carbons (Fsp3) is 0.214. The largest absolute Gasteiger partial charge is 0.309 e. The van der Waals surface area contributed by atoms with Crippen molar-refractivity contribution in [2.24, 2.45) is 0 Å². The van der Waals surface area contributed by atoms with E-state index in [1.54, 1.807) is 12.4 Å². The number of aromatic nitrogens is 1. The SMILES string of the molecule is Cc1ccc(CNCc2ccncc2)cc1Cl. The number of rotatable bonds is 4. The molecule has 0 radical (unpaired) electrons. The molecule has 0 spiro atoms. The van der Waals surface area contributed by atoms with Crippen molar-refractivity contribution < 1.29 is 0 Å². The quantitative estimate of drug-likeness (QED) is 0.895. The van der Waals surface area contributed by atoms with E-state index in [1.807, 2.05) is 31.2 Å². The van der Waals surface area contributed by atoms with Crippen molar-refractivity contribution in [1.82, 2.24) is 10.3 Å². The second-order valence-corrected chi connectivity index (χ2v) is 4.45. The highest BCUT2D eigenvalue weighted by molar-refractivity contribution is 6.31. The zero-order valence-electron chi connectivity index (χ0n) is 9.78. The van der Waals surface area contributed by atoms with Gasteiger partial charge in [0.1, 0.15) is 0 Å². The van der Waals surface area contributed by atoms with Crippen LogP contribution in [0.4, 0.5) is 0 Å². The van der Waals surface area contributed by atoms with Crippen molar-refractivity contribution in [3.05, 3.63) is 64.4 Å². The van der Waals surface area contributed by atoms with Gasteiger partial charge in [0.25, 0.3) is 0 Å². The number of aryl methyl sites for hydroxylation is 1. The van der Waals surface area contributed by atoms with Crippen LogP contribution in [0, 0.1) is 6.92 Å². The molecule has 2 rings (SSSR count). The van der Waals surface area contributed by atoms with Crippen LogP contribution in [0.3, 0.4) is 0 Å². The fourth-order valence-electron chi connectivity index (χ4n) is 1.60. The lowest BCUT2D eigenvalue weighted by Crippen LogP contribution is -2.12. The van der Waals surface area contributed by atoms with Crippen molar-refractivity contribution in [2.75, 3.05) is 0 Å². The van der Waals surface area contributed by atoms with E-state index in [4.69, 9.17) is 11.6 Å². The first-order chi connectivity index (χ1) is 8.25. The molecular formula is C14H15ClN2. The van der Waals surface area contributed by atoms with Gasteiger partial charge in [-0.2, -0.15) is 0 Å². The molecule has 1 N–H and O–H groups in total. The van der Waals surface area contributed by atoms with Gasteiger partial charge in [0.15, 0.2) is 0 Å². The first-order valence-corrected chi connectivity index (χ1v) is 5.98. The Balaban J connectivity index is 1.88. The van der Waals surface area contributed by atoms with E-state index in [9.17, 15) is 0 Å². The lowest BCUT2D eigenvalue weighted by atomic mass is 10.1. The Morgan fingerprint density at radius 3 is 2.47 bits per heavy atom. The molecule has 0 amide bonds. The molecule has 1 heterocycles. The van der Waals surface area contributed by atoms with Gasteiger partial charge in [-0.15, -0.1) is 0 Å². The first-order valence-electron chi connectivity index (χ1n) is 5.60. The summed E-state index contributed by atoms with van der Waals surface area (Å²) in [7, 11) is 0. The Morgan fingerprint density at radius 2 is 1.76 bits per heavy atom. The van der Waals surface area contributed by atoms with E-state index < -0.39 is 0 Å². The minimum Gasteiger partial charge on any atom is -0.309 e. The minimum absolute atomic E-state index is 0.822. The zero-order valence-corrected chi connectivity index (χ0v) is 10.5. The van der Waals surface area contributed by atoms with Crippen LogP contribution in [0.5, 0.6) is 0 Å². The molecule has 1 aromatic carbocycles. The first kappa shape index (κ1) is 12.1. The van der Waals surface area contributed by atoms with Crippen LogP contribution in [-0.2, 0) is 13.1 Å². The Morgan fingerprint density at radius 1 is 1.06 bits per heavy atom. The number of hydrogen-bond acceptors (Lipinski definition) is 2. The summed E-state index contributed by atoms with van der Waals surface area (Å²) in [5.41, 5.74) is 3.55. The van der Waals surface area contributed by atoms with Crippen molar-refractivity contribution in [1.29, 1.82) is 0 Å². The van der Waals surface area contributed by atoms with Crippen molar-refractivity contribution in [2.45, 2.75) is 20.0 Å². The highest BCUT2D eigenvalue weighted by Gasteiger charge is 1.98. The number of pyridine rings is 1. The van der Waals surface area contributed by atoms with E-state index in [0.717, 1.165) is 23.7 Å². The van der Waals surface area contributed by atoms with Gasteiger partial charge in [-0.05, 0) is 41.8 Å². The summed E-state index contributed by atoms with van der Waals surface area (Å²) < 4.78 is 0. The maximum absolute atomic E-state index is 6.07. The van der Waals surface area contributed by atoms with E-state index in [0.29, 0.717) is 0 Å². The summed E-state index contributed by atoms with van der Waals surface area (Å²) in [4.78, 5) is 3.99. The Hall–Kier alpha value is -1.38. The lowest BCUT2D eigenvalue weighted by molar-refractivity contribution is 0.692. The fourth-order valence-corrected chi connectivity index (χ4v) is 1.80. The molecule has 2 aromatic rings. The van der Waals surface area contributed by atoms with Gasteiger partial charge in [-0.25, -0.2) is 0 Å². The van der Waals surface area contributed by atoms with Gasteiger partial charge in [0.05, 0.1) is 0 Å². The van der Waals surface area contributed by atoms with E-state index >= 15 is 0 Å². The summed E-state index contributed by atoms with van der Waals surface area (Å²) in [5, 5.41) is 4.21. The summed E-state index contributed by atoms with van der Waals surface area (Å²) in [5.74, 6) is 0. The molecule has 0 saturated carbocycles. The summed E-state index contributed by atoms with van der Waals surface area (Å²) in [6.45, 7) is 3.67. The van der Waals surface area contributed by atoms with Gasteiger partial charge < -0.3 is 5.32 Å². The summed E-state index contributed by atoms with van der Waals surface area (Å²) >= 11 is 6.07. The molecule has 0 aliphatic carbocycles. The predicted molar refractivity (Wildman–Crippen MR) is 71.0 cm³/mol. The molecule has 3 heteroatoms. The Labute approximate surface area is 107 Å². The minimum atomic E-state index is 0.822. The zero-order chi connectivity index (χ0) is 12.1. The van der Waals surface area contributed by atoms with Crippen LogP contribution in [0.1, 0.15) is 16.7 Å². The van der Waals surface area contributed by atoms with Crippen LogP contribution >= 0.6 is 11.6 Å². The molecule has 0 aliphatic heterocycles. The topological polar surface area (TPSA) is 24.9 Å². The molecule has 0 aliphatic rings. The molecule has 17 heavy (non-hydrogen) atoms. The van der Waals surface area contributed by atoms with Crippen LogP contribution < -0.4 is 5.32 Å². The van der Waals surface area contributed by atoms with E-state index in [2.05, 4.69) is 16.4 Å². The normalized spacial score (nSPS) is 10.5.